The van der Waals surface area contributed by atoms with Gasteiger partial charge in [0, 0.05) is 33.2 Å². The van der Waals surface area contributed by atoms with Gasteiger partial charge in [-0.15, -0.1) is 0 Å². The minimum atomic E-state index is 0.640. The number of hydrogen-bond acceptors (Lipinski definition) is 3. The predicted octanol–water partition coefficient (Wildman–Crippen LogP) is 11.3. The summed E-state index contributed by atoms with van der Waals surface area (Å²) < 4.78 is 2.38. The Bertz CT molecular complexity index is 2530. The zero-order chi connectivity index (χ0) is 32.6. The smallest absolute Gasteiger partial charge is 0.164 e. The second-order valence-corrected chi connectivity index (χ2v) is 12.1. The summed E-state index contributed by atoms with van der Waals surface area (Å²) >= 11 is 0. The molecule has 4 nitrogen and oxygen atoms in total. The monoisotopic (exact) mass is 626 g/mol. The molecule has 4 heteroatoms. The molecule has 9 aromatic rings. The number of aromatic nitrogens is 4. The number of para-hydroxylation sites is 1. The van der Waals surface area contributed by atoms with E-state index in [1.54, 1.807) is 0 Å². The van der Waals surface area contributed by atoms with E-state index >= 15 is 0 Å². The van der Waals surface area contributed by atoms with Crippen LogP contribution in [0.3, 0.4) is 0 Å². The average molecular weight is 627 g/mol. The van der Waals surface area contributed by atoms with Gasteiger partial charge < -0.3 is 4.57 Å². The summed E-state index contributed by atoms with van der Waals surface area (Å²) in [6.45, 7) is 0. The molecule has 0 saturated heterocycles. The first-order valence-corrected chi connectivity index (χ1v) is 16.5. The van der Waals surface area contributed by atoms with Gasteiger partial charge in [-0.3, -0.25) is 0 Å². The quantitative estimate of drug-likeness (QED) is 0.184. The standard InChI is InChI=1S/C45H30N4/c1-4-15-31(16-5-1)38-26-14-28-41-42(38)39-25-10-11-27-40(39)49(41)37-24-13-22-35(30-37)34-21-12-23-36(29-34)45-47-43(32-17-6-2-7-18-32)46-44(48-45)33-19-8-3-9-20-33/h1-30H. The van der Waals surface area contributed by atoms with Crippen LogP contribution in [0.1, 0.15) is 0 Å². The largest absolute Gasteiger partial charge is 0.309 e. The molecule has 0 bridgehead atoms. The van der Waals surface area contributed by atoms with Crippen LogP contribution >= 0.6 is 0 Å². The van der Waals surface area contributed by atoms with Gasteiger partial charge >= 0.3 is 0 Å². The lowest BCUT2D eigenvalue weighted by Gasteiger charge is -2.12. The van der Waals surface area contributed by atoms with E-state index in [0.29, 0.717) is 17.5 Å². The number of nitrogens with zero attached hydrogens (tertiary/aromatic N) is 4. The van der Waals surface area contributed by atoms with Crippen LogP contribution in [0.4, 0.5) is 0 Å². The fraction of sp³-hybridized carbons (Fsp3) is 0. The maximum Gasteiger partial charge on any atom is 0.164 e. The molecule has 7 aromatic carbocycles. The molecule has 49 heavy (non-hydrogen) atoms. The first kappa shape index (κ1) is 28.6. The van der Waals surface area contributed by atoms with Crippen molar-refractivity contribution in [2.24, 2.45) is 0 Å². The SMILES string of the molecule is c1ccc(-c2nc(-c3ccccc3)nc(-c3cccc(-c4cccc(-n5c6ccccc6c6c(-c7ccccc7)cccc65)c4)c3)n2)cc1. The highest BCUT2D eigenvalue weighted by atomic mass is 15.0. The first-order chi connectivity index (χ1) is 24.3. The van der Waals surface area contributed by atoms with E-state index in [4.69, 9.17) is 15.0 Å². The topological polar surface area (TPSA) is 43.6 Å². The van der Waals surface area contributed by atoms with Crippen LogP contribution in [0, 0.1) is 0 Å². The molecular formula is C45H30N4. The second-order valence-electron chi connectivity index (χ2n) is 12.1. The third-order valence-corrected chi connectivity index (χ3v) is 9.04. The molecule has 0 radical (unpaired) electrons. The summed E-state index contributed by atoms with van der Waals surface area (Å²) in [5.41, 5.74) is 11.0. The average Bonchev–Trinajstić information content (AvgIpc) is 3.53. The van der Waals surface area contributed by atoms with Crippen molar-refractivity contribution < 1.29 is 0 Å². The Labute approximate surface area is 284 Å². The molecule has 9 rings (SSSR count). The van der Waals surface area contributed by atoms with Crippen LogP contribution in [0.25, 0.3) is 83.9 Å². The van der Waals surface area contributed by atoms with E-state index in [1.165, 1.54) is 32.9 Å². The first-order valence-electron chi connectivity index (χ1n) is 16.5. The molecule has 0 fully saturated rings. The molecule has 0 spiro atoms. The normalized spacial score (nSPS) is 11.3. The maximum atomic E-state index is 4.97. The lowest BCUT2D eigenvalue weighted by Crippen LogP contribution is -2.00. The fourth-order valence-electron chi connectivity index (χ4n) is 6.76. The van der Waals surface area contributed by atoms with Gasteiger partial charge in [-0.1, -0.05) is 152 Å². The zero-order valence-corrected chi connectivity index (χ0v) is 26.6. The maximum absolute atomic E-state index is 4.97. The lowest BCUT2D eigenvalue weighted by molar-refractivity contribution is 1.07. The van der Waals surface area contributed by atoms with Crippen molar-refractivity contribution in [2.45, 2.75) is 0 Å². The van der Waals surface area contributed by atoms with Crippen molar-refractivity contribution in [2.75, 3.05) is 0 Å². The van der Waals surface area contributed by atoms with Gasteiger partial charge in [0.2, 0.25) is 0 Å². The predicted molar refractivity (Wildman–Crippen MR) is 201 cm³/mol. The molecule has 0 aliphatic rings. The summed E-state index contributed by atoms with van der Waals surface area (Å²) in [6.07, 6.45) is 0. The van der Waals surface area contributed by atoms with Crippen LogP contribution in [-0.2, 0) is 0 Å². The minimum Gasteiger partial charge on any atom is -0.309 e. The van der Waals surface area contributed by atoms with E-state index < -0.39 is 0 Å². The fourth-order valence-corrected chi connectivity index (χ4v) is 6.76. The number of benzene rings is 7. The van der Waals surface area contributed by atoms with Gasteiger partial charge in [0.25, 0.3) is 0 Å². The Morgan fingerprint density at radius 2 is 0.796 bits per heavy atom. The molecule has 0 saturated carbocycles. The van der Waals surface area contributed by atoms with Gasteiger partial charge in [0.1, 0.15) is 0 Å². The number of fused-ring (bicyclic) bond motifs is 3. The van der Waals surface area contributed by atoms with E-state index in [0.717, 1.165) is 33.5 Å². The van der Waals surface area contributed by atoms with Crippen LogP contribution in [0.15, 0.2) is 182 Å². The lowest BCUT2D eigenvalue weighted by atomic mass is 9.99. The molecule has 230 valence electrons. The zero-order valence-electron chi connectivity index (χ0n) is 26.6. The van der Waals surface area contributed by atoms with E-state index in [1.807, 2.05) is 60.7 Å². The van der Waals surface area contributed by atoms with Crippen molar-refractivity contribution in [1.82, 2.24) is 19.5 Å². The van der Waals surface area contributed by atoms with Gasteiger partial charge in [-0.05, 0) is 52.6 Å². The summed E-state index contributed by atoms with van der Waals surface area (Å²) in [4.78, 5) is 14.8. The number of rotatable bonds is 6. The Balaban J connectivity index is 1.17. The number of hydrogen-bond donors (Lipinski definition) is 0. The third kappa shape index (κ3) is 5.26. The van der Waals surface area contributed by atoms with E-state index in [9.17, 15) is 0 Å². The van der Waals surface area contributed by atoms with Crippen molar-refractivity contribution >= 4 is 21.8 Å². The van der Waals surface area contributed by atoms with Crippen LogP contribution in [-0.4, -0.2) is 19.5 Å². The highest BCUT2D eigenvalue weighted by Crippen LogP contribution is 2.39. The molecule has 0 N–H and O–H groups in total. The van der Waals surface area contributed by atoms with Crippen molar-refractivity contribution in [3.8, 4) is 62.1 Å². The molecule has 0 amide bonds. The summed E-state index contributed by atoms with van der Waals surface area (Å²) in [5.74, 6) is 1.94. The third-order valence-electron chi connectivity index (χ3n) is 9.04. The molecule has 0 aliphatic heterocycles. The van der Waals surface area contributed by atoms with Crippen molar-refractivity contribution in [3.63, 3.8) is 0 Å². The summed E-state index contributed by atoms with van der Waals surface area (Å²) in [6, 6.07) is 63.4. The molecule has 0 aliphatic carbocycles. The van der Waals surface area contributed by atoms with Gasteiger partial charge in [0.15, 0.2) is 17.5 Å². The van der Waals surface area contributed by atoms with Crippen LogP contribution in [0.5, 0.6) is 0 Å². The van der Waals surface area contributed by atoms with Gasteiger partial charge in [-0.25, -0.2) is 15.0 Å². The second kappa shape index (κ2) is 12.2. The summed E-state index contributed by atoms with van der Waals surface area (Å²) in [7, 11) is 0. The Hall–Kier alpha value is -6.65. The minimum absolute atomic E-state index is 0.640. The Kier molecular flexibility index (Phi) is 7.10. The Morgan fingerprint density at radius 3 is 1.47 bits per heavy atom. The molecule has 0 atom stereocenters. The van der Waals surface area contributed by atoms with Crippen LogP contribution < -0.4 is 0 Å². The van der Waals surface area contributed by atoms with E-state index in [-0.39, 0.29) is 0 Å². The van der Waals surface area contributed by atoms with Gasteiger partial charge in [0.05, 0.1) is 11.0 Å². The highest BCUT2D eigenvalue weighted by Gasteiger charge is 2.17. The van der Waals surface area contributed by atoms with Crippen molar-refractivity contribution in [3.05, 3.63) is 182 Å². The van der Waals surface area contributed by atoms with E-state index in [2.05, 4.69) is 126 Å². The molecule has 0 unspecified atom stereocenters. The molecule has 2 aromatic heterocycles. The van der Waals surface area contributed by atoms with Crippen molar-refractivity contribution in [1.29, 1.82) is 0 Å². The van der Waals surface area contributed by atoms with Crippen LogP contribution in [0.2, 0.25) is 0 Å². The molecular weight excluding hydrogens is 597 g/mol. The molecule has 2 heterocycles. The summed E-state index contributed by atoms with van der Waals surface area (Å²) in [5, 5.41) is 2.50. The highest BCUT2D eigenvalue weighted by molar-refractivity contribution is 6.15. The van der Waals surface area contributed by atoms with Gasteiger partial charge in [-0.2, -0.15) is 0 Å². The Morgan fingerprint density at radius 1 is 0.327 bits per heavy atom.